The van der Waals surface area contributed by atoms with Gasteiger partial charge in [-0.3, -0.25) is 0 Å². The molecular weight excluding hydrogens is 234 g/mol. The summed E-state index contributed by atoms with van der Waals surface area (Å²) in [7, 11) is 3.31. The number of rotatable bonds is 7. The van der Waals surface area contributed by atoms with Gasteiger partial charge in [0.2, 0.25) is 0 Å². The standard InChI is InChI=1S/C13H21NO2S/c1-10(6-7-14)17-9-11-4-5-12(15-2)13(8-11)16-3/h4-5,8,10H,6-7,9,14H2,1-3H3. The lowest BCUT2D eigenvalue weighted by atomic mass is 10.2. The molecule has 17 heavy (non-hydrogen) atoms. The minimum atomic E-state index is 0.591. The number of methoxy groups -OCH3 is 2. The molecule has 1 rings (SSSR count). The maximum atomic E-state index is 5.53. The molecule has 1 aromatic carbocycles. The highest BCUT2D eigenvalue weighted by Gasteiger charge is 2.06. The zero-order valence-corrected chi connectivity index (χ0v) is 11.5. The Morgan fingerprint density at radius 2 is 1.94 bits per heavy atom. The van der Waals surface area contributed by atoms with E-state index >= 15 is 0 Å². The predicted octanol–water partition coefficient (Wildman–Crippen LogP) is 2.67. The van der Waals surface area contributed by atoms with Gasteiger partial charge < -0.3 is 15.2 Å². The van der Waals surface area contributed by atoms with Crippen LogP contribution in [0.5, 0.6) is 11.5 Å². The SMILES string of the molecule is COc1ccc(CSC(C)CCN)cc1OC. The molecule has 1 aromatic rings. The Labute approximate surface area is 108 Å². The summed E-state index contributed by atoms with van der Waals surface area (Å²) in [5.74, 6) is 2.54. The van der Waals surface area contributed by atoms with Crippen LogP contribution < -0.4 is 15.2 Å². The minimum absolute atomic E-state index is 0.591. The van der Waals surface area contributed by atoms with Crippen molar-refractivity contribution < 1.29 is 9.47 Å². The van der Waals surface area contributed by atoms with Crippen molar-refractivity contribution in [3.63, 3.8) is 0 Å². The van der Waals surface area contributed by atoms with Crippen LogP contribution in [-0.2, 0) is 5.75 Å². The number of hydrogen-bond donors (Lipinski definition) is 1. The van der Waals surface area contributed by atoms with Gasteiger partial charge in [0.25, 0.3) is 0 Å². The second-order valence-electron chi connectivity index (χ2n) is 3.89. The van der Waals surface area contributed by atoms with Gasteiger partial charge in [-0.2, -0.15) is 11.8 Å². The number of nitrogens with two attached hydrogens (primary N) is 1. The molecule has 3 nitrogen and oxygen atoms in total. The third-order valence-corrected chi connectivity index (χ3v) is 3.86. The smallest absolute Gasteiger partial charge is 0.161 e. The van der Waals surface area contributed by atoms with Gasteiger partial charge in [-0.15, -0.1) is 0 Å². The Morgan fingerprint density at radius 1 is 1.24 bits per heavy atom. The maximum absolute atomic E-state index is 5.53. The topological polar surface area (TPSA) is 44.5 Å². The van der Waals surface area contributed by atoms with Gasteiger partial charge >= 0.3 is 0 Å². The van der Waals surface area contributed by atoms with E-state index in [1.807, 2.05) is 23.9 Å². The molecule has 96 valence electrons. The van der Waals surface area contributed by atoms with Crippen LogP contribution in [0.15, 0.2) is 18.2 Å². The van der Waals surface area contributed by atoms with E-state index in [9.17, 15) is 0 Å². The first-order valence-corrected chi connectivity index (χ1v) is 6.78. The van der Waals surface area contributed by atoms with Crippen molar-refractivity contribution in [3.8, 4) is 11.5 Å². The molecular formula is C13H21NO2S. The van der Waals surface area contributed by atoms with Gasteiger partial charge in [0, 0.05) is 11.0 Å². The second kappa shape index (κ2) is 7.45. The zero-order chi connectivity index (χ0) is 12.7. The molecule has 0 aliphatic heterocycles. The Balaban J connectivity index is 2.60. The summed E-state index contributed by atoms with van der Waals surface area (Å²) in [5.41, 5.74) is 6.78. The molecule has 0 bridgehead atoms. The van der Waals surface area contributed by atoms with Crippen LogP contribution in [0.25, 0.3) is 0 Å². The minimum Gasteiger partial charge on any atom is -0.493 e. The summed E-state index contributed by atoms with van der Waals surface area (Å²) in [4.78, 5) is 0. The summed E-state index contributed by atoms with van der Waals surface area (Å²) in [6.45, 7) is 2.96. The normalized spacial score (nSPS) is 12.2. The first-order valence-electron chi connectivity index (χ1n) is 5.73. The molecule has 0 heterocycles. The van der Waals surface area contributed by atoms with Crippen LogP contribution in [0.1, 0.15) is 18.9 Å². The van der Waals surface area contributed by atoms with Crippen LogP contribution in [0.2, 0.25) is 0 Å². The van der Waals surface area contributed by atoms with Crippen LogP contribution >= 0.6 is 11.8 Å². The van der Waals surface area contributed by atoms with Crippen LogP contribution in [0, 0.1) is 0 Å². The zero-order valence-electron chi connectivity index (χ0n) is 10.7. The first-order chi connectivity index (χ1) is 8.21. The summed E-state index contributed by atoms with van der Waals surface area (Å²) in [5, 5.41) is 0.591. The maximum Gasteiger partial charge on any atom is 0.161 e. The third-order valence-electron chi connectivity index (χ3n) is 2.56. The lowest BCUT2D eigenvalue weighted by Gasteiger charge is -2.12. The molecule has 2 N–H and O–H groups in total. The van der Waals surface area contributed by atoms with E-state index in [1.54, 1.807) is 14.2 Å². The molecule has 0 radical (unpaired) electrons. The molecule has 0 saturated carbocycles. The van der Waals surface area contributed by atoms with Crippen molar-refractivity contribution in [3.05, 3.63) is 23.8 Å². The van der Waals surface area contributed by atoms with E-state index in [-0.39, 0.29) is 0 Å². The molecule has 0 aliphatic carbocycles. The number of thioether (sulfide) groups is 1. The van der Waals surface area contributed by atoms with Crippen LogP contribution in [0.4, 0.5) is 0 Å². The summed E-state index contributed by atoms with van der Waals surface area (Å²) in [6, 6.07) is 6.05. The van der Waals surface area contributed by atoms with Crippen molar-refractivity contribution in [2.45, 2.75) is 24.3 Å². The van der Waals surface area contributed by atoms with Gasteiger partial charge in [0.15, 0.2) is 11.5 Å². The molecule has 0 spiro atoms. The van der Waals surface area contributed by atoms with Gasteiger partial charge in [0.1, 0.15) is 0 Å². The van der Waals surface area contributed by atoms with E-state index in [0.717, 1.165) is 30.2 Å². The quantitative estimate of drug-likeness (QED) is 0.813. The highest BCUT2D eigenvalue weighted by atomic mass is 32.2. The van der Waals surface area contributed by atoms with E-state index in [0.29, 0.717) is 5.25 Å². The van der Waals surface area contributed by atoms with Gasteiger partial charge in [-0.25, -0.2) is 0 Å². The van der Waals surface area contributed by atoms with Crippen LogP contribution in [0.3, 0.4) is 0 Å². The van der Waals surface area contributed by atoms with E-state index < -0.39 is 0 Å². The lowest BCUT2D eigenvalue weighted by molar-refractivity contribution is 0.354. The predicted molar refractivity (Wildman–Crippen MR) is 74.0 cm³/mol. The average molecular weight is 255 g/mol. The fourth-order valence-electron chi connectivity index (χ4n) is 1.53. The lowest BCUT2D eigenvalue weighted by Crippen LogP contribution is -2.07. The Kier molecular flexibility index (Phi) is 6.22. The molecule has 0 aliphatic rings. The largest absolute Gasteiger partial charge is 0.493 e. The highest BCUT2D eigenvalue weighted by molar-refractivity contribution is 7.99. The van der Waals surface area contributed by atoms with Gasteiger partial charge in [-0.05, 0) is 30.7 Å². The molecule has 0 saturated heterocycles. The molecule has 0 amide bonds. The van der Waals surface area contributed by atoms with Gasteiger partial charge in [0.05, 0.1) is 14.2 Å². The van der Waals surface area contributed by atoms with E-state index in [2.05, 4.69) is 13.0 Å². The monoisotopic (exact) mass is 255 g/mol. The Bertz CT molecular complexity index is 344. The fourth-order valence-corrected chi connectivity index (χ4v) is 2.49. The fraction of sp³-hybridized carbons (Fsp3) is 0.538. The Hall–Kier alpha value is -0.870. The van der Waals surface area contributed by atoms with Crippen molar-refractivity contribution in [1.82, 2.24) is 0 Å². The number of hydrogen-bond acceptors (Lipinski definition) is 4. The first kappa shape index (κ1) is 14.2. The van der Waals surface area contributed by atoms with Crippen molar-refractivity contribution >= 4 is 11.8 Å². The summed E-state index contributed by atoms with van der Waals surface area (Å²) >= 11 is 1.91. The van der Waals surface area contributed by atoms with Crippen LogP contribution in [-0.4, -0.2) is 26.0 Å². The van der Waals surface area contributed by atoms with E-state index in [4.69, 9.17) is 15.2 Å². The third kappa shape index (κ3) is 4.48. The van der Waals surface area contributed by atoms with Gasteiger partial charge in [-0.1, -0.05) is 13.0 Å². The molecule has 0 fully saturated rings. The molecule has 4 heteroatoms. The van der Waals surface area contributed by atoms with Crippen molar-refractivity contribution in [1.29, 1.82) is 0 Å². The average Bonchev–Trinajstić information content (AvgIpc) is 2.36. The number of benzene rings is 1. The van der Waals surface area contributed by atoms with Crippen molar-refractivity contribution in [2.75, 3.05) is 20.8 Å². The summed E-state index contributed by atoms with van der Waals surface area (Å²) < 4.78 is 10.5. The Morgan fingerprint density at radius 3 is 2.53 bits per heavy atom. The van der Waals surface area contributed by atoms with Crippen molar-refractivity contribution in [2.24, 2.45) is 5.73 Å². The summed E-state index contributed by atoms with van der Waals surface area (Å²) in [6.07, 6.45) is 1.05. The molecule has 0 aromatic heterocycles. The molecule has 1 atom stereocenters. The number of ether oxygens (including phenoxy) is 2. The second-order valence-corrected chi connectivity index (χ2v) is 5.32. The highest BCUT2D eigenvalue weighted by Crippen LogP contribution is 2.30. The van der Waals surface area contributed by atoms with E-state index in [1.165, 1.54) is 5.56 Å². The molecule has 1 unspecified atom stereocenters.